The van der Waals surface area contributed by atoms with E-state index in [-0.39, 0.29) is 22.5 Å². The number of nitrogen functional groups attached to an aromatic ring is 1. The average molecular weight is 279 g/mol. The molecule has 1 aromatic carbocycles. The minimum absolute atomic E-state index is 0.112. The smallest absolute Gasteiger partial charge is 0.270 e. The van der Waals surface area contributed by atoms with Crippen molar-refractivity contribution in [1.29, 1.82) is 0 Å². The molecule has 20 heavy (non-hydrogen) atoms. The Bertz CT molecular complexity index is 538. The van der Waals surface area contributed by atoms with Crippen molar-refractivity contribution >= 4 is 17.3 Å². The molecule has 0 spiro atoms. The third-order valence-electron chi connectivity index (χ3n) is 3.42. The zero-order chi connectivity index (χ0) is 14.8. The lowest BCUT2D eigenvalue weighted by atomic mass is 10.0. The predicted octanol–water partition coefficient (Wildman–Crippen LogP) is 1.48. The molecule has 108 valence electrons. The lowest BCUT2D eigenvalue weighted by Crippen LogP contribution is -2.40. The number of benzene rings is 1. The van der Waals surface area contributed by atoms with Crippen LogP contribution in [-0.4, -0.2) is 29.6 Å². The lowest BCUT2D eigenvalue weighted by molar-refractivity contribution is -0.384. The van der Waals surface area contributed by atoms with E-state index in [1.54, 1.807) is 0 Å². The zero-order valence-electron chi connectivity index (χ0n) is 11.2. The maximum Gasteiger partial charge on any atom is 0.270 e. The van der Waals surface area contributed by atoms with Gasteiger partial charge in [-0.05, 0) is 25.8 Å². The van der Waals surface area contributed by atoms with E-state index in [2.05, 4.69) is 5.32 Å². The van der Waals surface area contributed by atoms with Crippen LogP contribution in [0.3, 0.4) is 0 Å². The third kappa shape index (κ3) is 3.05. The molecule has 7 heteroatoms. The van der Waals surface area contributed by atoms with Gasteiger partial charge in [0.25, 0.3) is 11.6 Å². The molecule has 0 radical (unpaired) electrons. The Morgan fingerprint density at radius 1 is 1.60 bits per heavy atom. The van der Waals surface area contributed by atoms with Crippen LogP contribution in [0.2, 0.25) is 0 Å². The van der Waals surface area contributed by atoms with E-state index in [0.29, 0.717) is 13.2 Å². The first-order valence-corrected chi connectivity index (χ1v) is 6.37. The molecular formula is C13H17N3O4. The molecule has 0 aromatic heterocycles. The van der Waals surface area contributed by atoms with Crippen molar-refractivity contribution in [2.24, 2.45) is 0 Å². The van der Waals surface area contributed by atoms with E-state index in [4.69, 9.17) is 10.5 Å². The van der Waals surface area contributed by atoms with E-state index in [1.807, 2.05) is 6.92 Å². The number of amides is 1. The van der Waals surface area contributed by atoms with Gasteiger partial charge < -0.3 is 15.8 Å². The van der Waals surface area contributed by atoms with Gasteiger partial charge in [-0.25, -0.2) is 0 Å². The summed E-state index contributed by atoms with van der Waals surface area (Å²) in [5.74, 6) is -0.428. The first-order valence-electron chi connectivity index (χ1n) is 6.37. The van der Waals surface area contributed by atoms with Crippen LogP contribution in [0.25, 0.3) is 0 Å². The SMILES string of the molecule is CC1(CNC(=O)c2cc([N+](=O)[O-])ccc2N)CCCO1. The number of hydrogen-bond acceptors (Lipinski definition) is 5. The number of nitrogens with zero attached hydrogens (tertiary/aromatic N) is 1. The summed E-state index contributed by atoms with van der Waals surface area (Å²) in [6.07, 6.45) is 1.84. The van der Waals surface area contributed by atoms with Gasteiger partial charge in [0.1, 0.15) is 0 Å². The highest BCUT2D eigenvalue weighted by atomic mass is 16.6. The number of carbonyl (C=O) groups is 1. The number of rotatable bonds is 4. The van der Waals surface area contributed by atoms with Crippen LogP contribution < -0.4 is 11.1 Å². The van der Waals surface area contributed by atoms with Crippen LogP contribution in [0.1, 0.15) is 30.1 Å². The van der Waals surface area contributed by atoms with Crippen LogP contribution in [0.5, 0.6) is 0 Å². The van der Waals surface area contributed by atoms with E-state index in [0.717, 1.165) is 12.8 Å². The lowest BCUT2D eigenvalue weighted by Gasteiger charge is -2.23. The number of nitrogens with one attached hydrogen (secondary N) is 1. The Balaban J connectivity index is 2.08. The summed E-state index contributed by atoms with van der Waals surface area (Å²) in [4.78, 5) is 22.2. The van der Waals surface area contributed by atoms with Crippen molar-refractivity contribution in [2.75, 3.05) is 18.9 Å². The Morgan fingerprint density at radius 2 is 2.35 bits per heavy atom. The molecule has 2 rings (SSSR count). The molecule has 7 nitrogen and oxygen atoms in total. The first kappa shape index (κ1) is 14.3. The molecule has 1 unspecified atom stereocenters. The van der Waals surface area contributed by atoms with Gasteiger partial charge in [-0.15, -0.1) is 0 Å². The van der Waals surface area contributed by atoms with Gasteiger partial charge in [-0.3, -0.25) is 14.9 Å². The van der Waals surface area contributed by atoms with Gasteiger partial charge in [0.2, 0.25) is 0 Å². The Hall–Kier alpha value is -2.15. The van der Waals surface area contributed by atoms with Crippen molar-refractivity contribution in [2.45, 2.75) is 25.4 Å². The minimum Gasteiger partial charge on any atom is -0.398 e. The number of carbonyl (C=O) groups excluding carboxylic acids is 1. The van der Waals surface area contributed by atoms with E-state index in [1.165, 1.54) is 18.2 Å². The molecule has 0 bridgehead atoms. The summed E-state index contributed by atoms with van der Waals surface area (Å²) in [5, 5.41) is 13.4. The fourth-order valence-electron chi connectivity index (χ4n) is 2.19. The normalized spacial score (nSPS) is 21.6. The third-order valence-corrected chi connectivity index (χ3v) is 3.42. The number of ether oxygens (including phenoxy) is 1. The Kier molecular flexibility index (Phi) is 3.89. The van der Waals surface area contributed by atoms with E-state index >= 15 is 0 Å². The van der Waals surface area contributed by atoms with Gasteiger partial charge in [0, 0.05) is 31.0 Å². The molecule has 1 aliphatic rings. The minimum atomic E-state index is -0.558. The number of hydrogen-bond donors (Lipinski definition) is 2. The van der Waals surface area contributed by atoms with E-state index < -0.39 is 10.8 Å². The van der Waals surface area contributed by atoms with Crippen LogP contribution in [0, 0.1) is 10.1 Å². The quantitative estimate of drug-likeness (QED) is 0.493. The van der Waals surface area contributed by atoms with Crippen molar-refractivity contribution in [3.63, 3.8) is 0 Å². The van der Waals surface area contributed by atoms with Crippen LogP contribution >= 0.6 is 0 Å². The van der Waals surface area contributed by atoms with Crippen LogP contribution in [0.4, 0.5) is 11.4 Å². The number of nitro benzene ring substituents is 1. The zero-order valence-corrected chi connectivity index (χ0v) is 11.2. The first-order chi connectivity index (χ1) is 9.41. The van der Waals surface area contributed by atoms with Gasteiger partial charge in [-0.2, -0.15) is 0 Å². The number of nitro groups is 1. The Morgan fingerprint density at radius 3 is 2.95 bits per heavy atom. The second-order valence-electron chi connectivity index (χ2n) is 5.11. The summed E-state index contributed by atoms with van der Waals surface area (Å²) >= 11 is 0. The highest BCUT2D eigenvalue weighted by molar-refractivity contribution is 5.99. The molecule has 1 fully saturated rings. The van der Waals surface area contributed by atoms with Crippen molar-refractivity contribution in [3.8, 4) is 0 Å². The molecular weight excluding hydrogens is 262 g/mol. The summed E-state index contributed by atoms with van der Waals surface area (Å²) in [6.45, 7) is 2.97. The van der Waals surface area contributed by atoms with Crippen molar-refractivity contribution in [3.05, 3.63) is 33.9 Å². The molecule has 1 heterocycles. The summed E-state index contributed by atoms with van der Waals surface area (Å²) < 4.78 is 5.56. The summed E-state index contributed by atoms with van der Waals surface area (Å²) in [5.41, 5.74) is 5.49. The fraction of sp³-hybridized carbons (Fsp3) is 0.462. The number of anilines is 1. The largest absolute Gasteiger partial charge is 0.398 e. The molecule has 1 atom stereocenters. The maximum atomic E-state index is 12.1. The predicted molar refractivity (Wildman–Crippen MR) is 73.4 cm³/mol. The maximum absolute atomic E-state index is 12.1. The van der Waals surface area contributed by atoms with Gasteiger partial charge in [0.15, 0.2) is 0 Å². The molecule has 3 N–H and O–H groups in total. The molecule has 1 saturated heterocycles. The summed E-state index contributed by atoms with van der Waals surface area (Å²) in [6, 6.07) is 3.82. The number of non-ortho nitro benzene ring substituents is 1. The monoisotopic (exact) mass is 279 g/mol. The fourth-order valence-corrected chi connectivity index (χ4v) is 2.19. The molecule has 1 amide bonds. The molecule has 0 saturated carbocycles. The van der Waals surface area contributed by atoms with Crippen molar-refractivity contribution in [1.82, 2.24) is 5.32 Å². The molecule has 1 aromatic rings. The van der Waals surface area contributed by atoms with Gasteiger partial charge >= 0.3 is 0 Å². The topological polar surface area (TPSA) is 107 Å². The summed E-state index contributed by atoms with van der Waals surface area (Å²) in [7, 11) is 0. The highest BCUT2D eigenvalue weighted by Crippen LogP contribution is 2.24. The van der Waals surface area contributed by atoms with Crippen LogP contribution in [0.15, 0.2) is 18.2 Å². The average Bonchev–Trinajstić information content (AvgIpc) is 2.84. The number of nitrogens with two attached hydrogens (primary N) is 1. The highest BCUT2D eigenvalue weighted by Gasteiger charge is 2.30. The van der Waals surface area contributed by atoms with Crippen molar-refractivity contribution < 1.29 is 14.5 Å². The Labute approximate surface area is 116 Å². The van der Waals surface area contributed by atoms with Crippen LogP contribution in [-0.2, 0) is 4.74 Å². The molecule has 0 aliphatic carbocycles. The second kappa shape index (κ2) is 5.46. The van der Waals surface area contributed by atoms with Gasteiger partial charge in [-0.1, -0.05) is 0 Å². The van der Waals surface area contributed by atoms with Gasteiger partial charge in [0.05, 0.1) is 16.1 Å². The van der Waals surface area contributed by atoms with E-state index in [9.17, 15) is 14.9 Å². The second-order valence-corrected chi connectivity index (χ2v) is 5.11. The molecule has 1 aliphatic heterocycles. The standard InChI is InChI=1S/C13H17N3O4/c1-13(5-2-6-20-13)8-15-12(17)10-7-9(16(18)19)3-4-11(10)14/h3-4,7H,2,5-6,8,14H2,1H3,(H,15,17).